The van der Waals surface area contributed by atoms with Gasteiger partial charge in [0.15, 0.2) is 11.0 Å². The number of hydrogen-bond acceptors (Lipinski definition) is 6. The number of aromatic amines is 1. The van der Waals surface area contributed by atoms with Crippen molar-refractivity contribution in [1.82, 2.24) is 9.71 Å². The van der Waals surface area contributed by atoms with E-state index in [4.69, 9.17) is 4.74 Å². The van der Waals surface area contributed by atoms with Crippen molar-refractivity contribution in [2.24, 2.45) is 0 Å². The molecule has 5 rings (SSSR count). The van der Waals surface area contributed by atoms with E-state index < -0.39 is 27.8 Å². The van der Waals surface area contributed by atoms with Gasteiger partial charge in [0, 0.05) is 34.0 Å². The molecule has 2 heterocycles. The van der Waals surface area contributed by atoms with Crippen molar-refractivity contribution in [3.05, 3.63) is 69.8 Å². The summed E-state index contributed by atoms with van der Waals surface area (Å²) in [5.41, 5.74) is 2.10. The maximum atomic E-state index is 12.9. The number of carbonyl (C=O) groups is 2. The highest BCUT2D eigenvalue weighted by Crippen LogP contribution is 2.44. The third kappa shape index (κ3) is 2.80. The molecule has 10 heteroatoms. The highest BCUT2D eigenvalue weighted by molar-refractivity contribution is 7.84. The van der Waals surface area contributed by atoms with E-state index in [1.54, 1.807) is 6.92 Å². The van der Waals surface area contributed by atoms with Crippen molar-refractivity contribution < 1.29 is 23.5 Å². The third-order valence-corrected chi connectivity index (χ3v) is 6.50. The third-order valence-electron chi connectivity index (χ3n) is 5.35. The molecule has 1 aliphatic rings. The van der Waals surface area contributed by atoms with Crippen molar-refractivity contribution in [2.45, 2.75) is 11.8 Å². The van der Waals surface area contributed by atoms with Gasteiger partial charge in [0.25, 0.3) is 11.6 Å². The number of hydrogen-bond donors (Lipinski definition) is 2. The second-order valence-electron chi connectivity index (χ2n) is 7.10. The second kappa shape index (κ2) is 7.27. The van der Waals surface area contributed by atoms with E-state index in [2.05, 4.69) is 9.71 Å². The maximum Gasteiger partial charge on any atom is 0.341 e. The average Bonchev–Trinajstić information content (AvgIpc) is 3.30. The lowest BCUT2D eigenvalue weighted by atomic mass is 9.91. The van der Waals surface area contributed by atoms with Crippen LogP contribution in [0.1, 0.15) is 27.6 Å². The summed E-state index contributed by atoms with van der Waals surface area (Å²) in [6, 6.07) is 13.1. The SMILES string of the molecule is CCOC(=O)c1c2c(c(-c3ccc([N+](=O)[O-])cc3)c3c1[nH]c1ccccc13)C(=O)NS2=O. The predicted molar refractivity (Wildman–Crippen MR) is 118 cm³/mol. The van der Waals surface area contributed by atoms with E-state index >= 15 is 0 Å². The molecule has 0 radical (unpaired) electrons. The Morgan fingerprint density at radius 1 is 1.12 bits per heavy atom. The molecule has 9 nitrogen and oxygen atoms in total. The molecule has 0 fully saturated rings. The first-order chi connectivity index (χ1) is 15.4. The second-order valence-corrected chi connectivity index (χ2v) is 8.25. The highest BCUT2D eigenvalue weighted by atomic mass is 32.2. The molecule has 0 saturated heterocycles. The van der Waals surface area contributed by atoms with Crippen LogP contribution in [0.3, 0.4) is 0 Å². The van der Waals surface area contributed by atoms with Gasteiger partial charge in [-0.1, -0.05) is 18.2 Å². The number of nitro benzene ring substituents is 1. The smallest absolute Gasteiger partial charge is 0.341 e. The molecule has 1 atom stereocenters. The minimum atomic E-state index is -1.97. The quantitative estimate of drug-likeness (QED) is 0.276. The molecule has 160 valence electrons. The van der Waals surface area contributed by atoms with Gasteiger partial charge < -0.3 is 9.72 Å². The Morgan fingerprint density at radius 3 is 2.53 bits per heavy atom. The summed E-state index contributed by atoms with van der Waals surface area (Å²) in [7, 11) is -1.97. The summed E-state index contributed by atoms with van der Waals surface area (Å²) in [4.78, 5) is 39.7. The topological polar surface area (TPSA) is 131 Å². The molecule has 1 aromatic heterocycles. The molecule has 1 amide bonds. The van der Waals surface area contributed by atoms with E-state index in [-0.39, 0.29) is 28.3 Å². The Kier molecular flexibility index (Phi) is 4.52. The normalized spacial score (nSPS) is 15.0. The number of nitro groups is 1. The van der Waals surface area contributed by atoms with Gasteiger partial charge in [-0.15, -0.1) is 0 Å². The average molecular weight is 449 g/mol. The molecular weight excluding hydrogens is 434 g/mol. The number of rotatable bonds is 4. The number of nitrogens with one attached hydrogen (secondary N) is 2. The van der Waals surface area contributed by atoms with Crippen LogP contribution in [0.5, 0.6) is 0 Å². The molecular formula is C22H15N3O6S. The standard InChI is InChI=1S/C22H15N3O6S/c1-2-31-22(27)18-19-16(13-5-3-4-6-14(13)23-19)15(17-20(18)32(30)24-21(17)26)11-7-9-12(10-8-11)25(28)29/h3-10,23H,2H2,1H3,(H,24,26). The van der Waals surface area contributed by atoms with Crippen LogP contribution in [-0.4, -0.2) is 32.6 Å². The van der Waals surface area contributed by atoms with Crippen molar-refractivity contribution in [3.63, 3.8) is 0 Å². The van der Waals surface area contributed by atoms with Crippen LogP contribution in [0.15, 0.2) is 53.4 Å². The predicted octanol–water partition coefficient (Wildman–Crippen LogP) is 3.84. The number of H-pyrrole nitrogens is 1. The van der Waals surface area contributed by atoms with Crippen molar-refractivity contribution in [2.75, 3.05) is 6.61 Å². The number of amides is 1. The number of nitrogens with zero attached hydrogens (tertiary/aromatic N) is 1. The van der Waals surface area contributed by atoms with Crippen LogP contribution in [0.25, 0.3) is 32.9 Å². The van der Waals surface area contributed by atoms with E-state index in [0.29, 0.717) is 27.5 Å². The lowest BCUT2D eigenvalue weighted by Gasteiger charge is -2.13. The minimum absolute atomic E-state index is 0.0374. The zero-order valence-electron chi connectivity index (χ0n) is 16.6. The van der Waals surface area contributed by atoms with Crippen LogP contribution in [-0.2, 0) is 15.7 Å². The molecule has 0 spiro atoms. The maximum absolute atomic E-state index is 12.9. The molecule has 4 aromatic rings. The summed E-state index contributed by atoms with van der Waals surface area (Å²) in [6.45, 7) is 1.76. The van der Waals surface area contributed by atoms with Gasteiger partial charge in [-0.2, -0.15) is 0 Å². The molecule has 3 aromatic carbocycles. The fraction of sp³-hybridized carbons (Fsp3) is 0.0909. The van der Waals surface area contributed by atoms with Crippen molar-refractivity contribution in [3.8, 4) is 11.1 Å². The number of aromatic nitrogens is 1. The summed E-state index contributed by atoms with van der Waals surface area (Å²) >= 11 is 0. The summed E-state index contributed by atoms with van der Waals surface area (Å²) in [5.74, 6) is -1.29. The molecule has 1 aliphatic heterocycles. The van der Waals surface area contributed by atoms with Crippen LogP contribution in [0, 0.1) is 10.1 Å². The summed E-state index contributed by atoms with van der Waals surface area (Å²) in [5, 5.41) is 12.4. The van der Waals surface area contributed by atoms with Crippen molar-refractivity contribution >= 4 is 50.4 Å². The van der Waals surface area contributed by atoms with E-state index in [9.17, 15) is 23.9 Å². The van der Waals surface area contributed by atoms with Gasteiger partial charge in [0.1, 0.15) is 5.56 Å². The van der Waals surface area contributed by atoms with E-state index in [1.165, 1.54) is 24.3 Å². The Hall–Kier alpha value is -4.05. The Bertz CT molecular complexity index is 1490. The monoisotopic (exact) mass is 449 g/mol. The minimum Gasteiger partial charge on any atom is -0.462 e. The molecule has 0 aliphatic carbocycles. The summed E-state index contributed by atoms with van der Waals surface area (Å²) < 4.78 is 20.5. The van der Waals surface area contributed by atoms with Crippen LogP contribution in [0.4, 0.5) is 5.69 Å². The van der Waals surface area contributed by atoms with Crippen LogP contribution < -0.4 is 4.72 Å². The van der Waals surface area contributed by atoms with Gasteiger partial charge >= 0.3 is 5.97 Å². The molecule has 32 heavy (non-hydrogen) atoms. The summed E-state index contributed by atoms with van der Waals surface area (Å²) in [6.07, 6.45) is 0. The number of para-hydroxylation sites is 1. The molecule has 0 saturated carbocycles. The van der Waals surface area contributed by atoms with E-state index in [0.717, 1.165) is 5.39 Å². The zero-order chi connectivity index (χ0) is 22.6. The molecule has 1 unspecified atom stereocenters. The number of non-ortho nitro benzene ring substituents is 1. The Labute approximate surface area is 183 Å². The number of carbonyl (C=O) groups excluding carboxylic acids is 2. The Morgan fingerprint density at radius 2 is 1.84 bits per heavy atom. The first-order valence-electron chi connectivity index (χ1n) is 9.67. The van der Waals surface area contributed by atoms with Gasteiger partial charge in [-0.3, -0.25) is 19.6 Å². The van der Waals surface area contributed by atoms with Gasteiger partial charge in [0.05, 0.1) is 27.5 Å². The number of fused-ring (bicyclic) bond motifs is 4. The largest absolute Gasteiger partial charge is 0.462 e. The fourth-order valence-electron chi connectivity index (χ4n) is 4.09. The first kappa shape index (κ1) is 19.9. The number of benzene rings is 3. The first-order valence-corrected chi connectivity index (χ1v) is 10.8. The zero-order valence-corrected chi connectivity index (χ0v) is 17.4. The van der Waals surface area contributed by atoms with Crippen molar-refractivity contribution in [1.29, 1.82) is 0 Å². The fourth-order valence-corrected chi connectivity index (χ4v) is 5.21. The van der Waals surface area contributed by atoms with Crippen LogP contribution >= 0.6 is 0 Å². The molecule has 2 N–H and O–H groups in total. The lowest BCUT2D eigenvalue weighted by Crippen LogP contribution is -2.16. The van der Waals surface area contributed by atoms with E-state index in [1.807, 2.05) is 24.3 Å². The number of ether oxygens (including phenoxy) is 1. The highest BCUT2D eigenvalue weighted by Gasteiger charge is 2.38. The van der Waals surface area contributed by atoms with Gasteiger partial charge in [0.2, 0.25) is 0 Å². The molecule has 0 bridgehead atoms. The number of esters is 1. The Balaban J connectivity index is 1.98. The van der Waals surface area contributed by atoms with Gasteiger partial charge in [-0.05, 0) is 30.7 Å². The van der Waals surface area contributed by atoms with Crippen LogP contribution in [0.2, 0.25) is 0 Å². The lowest BCUT2D eigenvalue weighted by molar-refractivity contribution is -0.384. The van der Waals surface area contributed by atoms with Gasteiger partial charge in [-0.25, -0.2) is 9.00 Å².